The Kier molecular flexibility index (Phi) is 5.30. The van der Waals surface area contributed by atoms with Gasteiger partial charge in [-0.05, 0) is 43.4 Å². The minimum atomic E-state index is -0.0369. The summed E-state index contributed by atoms with van der Waals surface area (Å²) >= 11 is 0. The highest BCUT2D eigenvalue weighted by Crippen LogP contribution is 2.20. The third kappa shape index (κ3) is 3.87. The second-order valence-electron chi connectivity index (χ2n) is 7.34. The van der Waals surface area contributed by atoms with Crippen LogP contribution in [0, 0.1) is 0 Å². The lowest BCUT2D eigenvalue weighted by Gasteiger charge is -2.34. The zero-order valence-corrected chi connectivity index (χ0v) is 16.6. The molecule has 0 bridgehead atoms. The molecule has 1 fully saturated rings. The van der Waals surface area contributed by atoms with Crippen LogP contribution in [0.2, 0.25) is 0 Å². The number of benzene rings is 2. The number of nitrogens with zero attached hydrogens (tertiary/aromatic N) is 4. The van der Waals surface area contributed by atoms with Crippen LogP contribution >= 0.6 is 0 Å². The van der Waals surface area contributed by atoms with E-state index < -0.39 is 0 Å². The van der Waals surface area contributed by atoms with Crippen molar-refractivity contribution >= 4 is 28.3 Å². The molecule has 0 unspecified atom stereocenters. The summed E-state index contributed by atoms with van der Waals surface area (Å²) < 4.78 is 2.00. The minimum absolute atomic E-state index is 0.0369. The zero-order valence-electron chi connectivity index (χ0n) is 16.6. The smallest absolute Gasteiger partial charge is 0.244 e. The fourth-order valence-electron chi connectivity index (χ4n) is 3.74. The Balaban J connectivity index is 1.43. The maximum Gasteiger partial charge on any atom is 0.244 e. The summed E-state index contributed by atoms with van der Waals surface area (Å²) in [6.45, 7) is 6.57. The number of hydrogen-bond acceptors (Lipinski definition) is 4. The number of hydrogen-bond donors (Lipinski definition) is 1. The van der Waals surface area contributed by atoms with Gasteiger partial charge in [-0.1, -0.05) is 19.1 Å². The molecule has 0 saturated carbocycles. The molecule has 4 rings (SSSR count). The van der Waals surface area contributed by atoms with Gasteiger partial charge in [0.05, 0.1) is 11.0 Å². The van der Waals surface area contributed by atoms with Crippen LogP contribution < -0.4 is 10.2 Å². The maximum absolute atomic E-state index is 12.6. The molecule has 1 N–H and O–H groups in total. The van der Waals surface area contributed by atoms with Crippen LogP contribution in [-0.2, 0) is 17.8 Å². The number of rotatable bonds is 5. The Morgan fingerprint density at radius 1 is 1.04 bits per heavy atom. The summed E-state index contributed by atoms with van der Waals surface area (Å²) in [5, 5.41) is 3.02. The molecule has 3 aromatic rings. The summed E-state index contributed by atoms with van der Waals surface area (Å²) in [6.07, 6.45) is 0.793. The summed E-state index contributed by atoms with van der Waals surface area (Å²) in [4.78, 5) is 22.0. The van der Waals surface area contributed by atoms with E-state index in [4.69, 9.17) is 0 Å². The number of fused-ring (bicyclic) bond motifs is 1. The predicted octanol–water partition coefficient (Wildman–Crippen LogP) is 2.99. The molecule has 2 heterocycles. The van der Waals surface area contributed by atoms with Gasteiger partial charge in [-0.3, -0.25) is 4.79 Å². The second-order valence-corrected chi connectivity index (χ2v) is 7.34. The van der Waals surface area contributed by atoms with E-state index in [0.717, 1.165) is 55.1 Å². The lowest BCUT2D eigenvalue weighted by Crippen LogP contribution is -2.44. The minimum Gasteiger partial charge on any atom is -0.369 e. The van der Waals surface area contributed by atoms with Gasteiger partial charge in [0, 0.05) is 44.0 Å². The molecule has 1 aliphatic heterocycles. The van der Waals surface area contributed by atoms with Crippen LogP contribution in [0.25, 0.3) is 11.0 Å². The van der Waals surface area contributed by atoms with E-state index in [1.54, 1.807) is 0 Å². The summed E-state index contributed by atoms with van der Waals surface area (Å²) in [6, 6.07) is 16.1. The molecule has 0 aliphatic carbocycles. The van der Waals surface area contributed by atoms with E-state index in [1.165, 1.54) is 5.69 Å². The quantitative estimate of drug-likeness (QED) is 0.743. The summed E-state index contributed by atoms with van der Waals surface area (Å²) in [5.41, 5.74) is 3.97. The Morgan fingerprint density at radius 3 is 2.46 bits per heavy atom. The molecule has 1 aromatic heterocycles. The average molecular weight is 377 g/mol. The van der Waals surface area contributed by atoms with Crippen molar-refractivity contribution in [2.75, 3.05) is 43.4 Å². The van der Waals surface area contributed by atoms with E-state index in [1.807, 2.05) is 41.0 Å². The number of nitrogens with one attached hydrogen (secondary N) is 1. The first-order valence-corrected chi connectivity index (χ1v) is 9.91. The van der Waals surface area contributed by atoms with Crippen molar-refractivity contribution in [3.63, 3.8) is 0 Å². The molecule has 0 spiro atoms. The van der Waals surface area contributed by atoms with Crippen molar-refractivity contribution in [3.05, 3.63) is 54.4 Å². The number of aryl methyl sites for hydroxylation is 1. The van der Waals surface area contributed by atoms with E-state index in [9.17, 15) is 4.79 Å². The zero-order chi connectivity index (χ0) is 19.5. The molecule has 0 radical (unpaired) electrons. The fourth-order valence-corrected chi connectivity index (χ4v) is 3.74. The van der Waals surface area contributed by atoms with Crippen LogP contribution in [0.5, 0.6) is 0 Å². The SMILES string of the molecule is CCc1nc2ccccc2n1CC(=O)Nc1ccc(N2CCN(C)CC2)cc1. The molecule has 6 nitrogen and oxygen atoms in total. The van der Waals surface area contributed by atoms with Gasteiger partial charge in [0.2, 0.25) is 5.91 Å². The van der Waals surface area contributed by atoms with Crippen LogP contribution in [0.4, 0.5) is 11.4 Å². The fraction of sp³-hybridized carbons (Fsp3) is 0.364. The normalized spacial score (nSPS) is 15.1. The van der Waals surface area contributed by atoms with Crippen LogP contribution in [-0.4, -0.2) is 53.6 Å². The average Bonchev–Trinajstić information content (AvgIpc) is 3.07. The highest BCUT2D eigenvalue weighted by atomic mass is 16.1. The third-order valence-electron chi connectivity index (χ3n) is 5.37. The number of carbonyl (C=O) groups excluding carboxylic acids is 1. The van der Waals surface area contributed by atoms with Crippen molar-refractivity contribution in [1.29, 1.82) is 0 Å². The number of anilines is 2. The first-order chi connectivity index (χ1) is 13.6. The molecule has 1 saturated heterocycles. The first-order valence-electron chi connectivity index (χ1n) is 9.91. The van der Waals surface area contributed by atoms with E-state index in [-0.39, 0.29) is 12.5 Å². The Bertz CT molecular complexity index is 955. The van der Waals surface area contributed by atoms with Crippen molar-refractivity contribution in [2.24, 2.45) is 0 Å². The van der Waals surface area contributed by atoms with Crippen molar-refractivity contribution in [1.82, 2.24) is 14.5 Å². The number of piperazine rings is 1. The van der Waals surface area contributed by atoms with Gasteiger partial charge in [0.1, 0.15) is 12.4 Å². The van der Waals surface area contributed by atoms with Crippen LogP contribution in [0.3, 0.4) is 0 Å². The van der Waals surface area contributed by atoms with Gasteiger partial charge in [-0.2, -0.15) is 0 Å². The summed E-state index contributed by atoms with van der Waals surface area (Å²) in [5.74, 6) is 0.895. The molecular weight excluding hydrogens is 350 g/mol. The maximum atomic E-state index is 12.6. The van der Waals surface area contributed by atoms with Crippen molar-refractivity contribution in [2.45, 2.75) is 19.9 Å². The molecule has 1 aliphatic rings. The van der Waals surface area contributed by atoms with E-state index in [2.05, 4.69) is 46.2 Å². The summed E-state index contributed by atoms with van der Waals surface area (Å²) in [7, 11) is 2.16. The monoisotopic (exact) mass is 377 g/mol. The number of aromatic nitrogens is 2. The predicted molar refractivity (Wildman–Crippen MR) is 114 cm³/mol. The number of para-hydroxylation sites is 2. The van der Waals surface area contributed by atoms with E-state index in [0.29, 0.717) is 0 Å². The molecule has 0 atom stereocenters. The number of amides is 1. The van der Waals surface area contributed by atoms with Crippen LogP contribution in [0.1, 0.15) is 12.7 Å². The number of likely N-dealkylation sites (N-methyl/N-ethyl adjacent to an activating group) is 1. The van der Waals surface area contributed by atoms with E-state index >= 15 is 0 Å². The molecular formula is C22H27N5O. The highest BCUT2D eigenvalue weighted by molar-refractivity contribution is 5.92. The number of carbonyl (C=O) groups is 1. The largest absolute Gasteiger partial charge is 0.369 e. The molecule has 28 heavy (non-hydrogen) atoms. The molecule has 2 aromatic carbocycles. The van der Waals surface area contributed by atoms with Crippen molar-refractivity contribution < 1.29 is 4.79 Å². The lowest BCUT2D eigenvalue weighted by atomic mass is 10.2. The van der Waals surface area contributed by atoms with Gasteiger partial charge < -0.3 is 19.7 Å². The Labute approximate surface area is 165 Å². The molecule has 1 amide bonds. The van der Waals surface area contributed by atoms with Crippen molar-refractivity contribution in [3.8, 4) is 0 Å². The highest BCUT2D eigenvalue weighted by Gasteiger charge is 2.15. The third-order valence-corrected chi connectivity index (χ3v) is 5.37. The van der Waals surface area contributed by atoms with Gasteiger partial charge >= 0.3 is 0 Å². The second kappa shape index (κ2) is 8.02. The van der Waals surface area contributed by atoms with Gasteiger partial charge in [0.25, 0.3) is 0 Å². The lowest BCUT2D eigenvalue weighted by molar-refractivity contribution is -0.116. The standard InChI is InChI=1S/C22H27N5O/c1-3-21-24-19-6-4-5-7-20(19)27(21)16-22(28)23-17-8-10-18(11-9-17)26-14-12-25(2)13-15-26/h4-11H,3,12-16H2,1-2H3,(H,23,28). The first kappa shape index (κ1) is 18.5. The van der Waals surface area contributed by atoms with Gasteiger partial charge in [-0.15, -0.1) is 0 Å². The van der Waals surface area contributed by atoms with Crippen LogP contribution in [0.15, 0.2) is 48.5 Å². The topological polar surface area (TPSA) is 53.4 Å². The molecule has 6 heteroatoms. The number of imidazole rings is 1. The Hall–Kier alpha value is -2.86. The Morgan fingerprint density at radius 2 is 1.75 bits per heavy atom. The van der Waals surface area contributed by atoms with Gasteiger partial charge in [-0.25, -0.2) is 4.98 Å². The van der Waals surface area contributed by atoms with Gasteiger partial charge in [0.15, 0.2) is 0 Å². The molecule has 146 valence electrons.